The first-order valence-electron chi connectivity index (χ1n) is 5.27. The lowest BCUT2D eigenvalue weighted by atomic mass is 10.1. The average Bonchev–Trinajstić information content (AvgIpc) is 2.75. The lowest BCUT2D eigenvalue weighted by molar-refractivity contribution is 0.171. The second-order valence-electron chi connectivity index (χ2n) is 3.69. The van der Waals surface area contributed by atoms with Crippen molar-refractivity contribution in [1.29, 1.82) is 0 Å². The van der Waals surface area contributed by atoms with Gasteiger partial charge in [-0.15, -0.1) is 5.10 Å². The van der Waals surface area contributed by atoms with Crippen LogP contribution in [0.1, 0.15) is 11.5 Å². The summed E-state index contributed by atoms with van der Waals surface area (Å²) in [4.78, 5) is 0. The van der Waals surface area contributed by atoms with Crippen LogP contribution in [-0.2, 0) is 6.42 Å². The van der Waals surface area contributed by atoms with Crippen LogP contribution >= 0.6 is 0 Å². The Morgan fingerprint density at radius 2 is 1.94 bits per heavy atom. The van der Waals surface area contributed by atoms with Crippen molar-refractivity contribution in [3.63, 3.8) is 0 Å². The van der Waals surface area contributed by atoms with E-state index in [0.717, 1.165) is 17.1 Å². The third-order valence-electron chi connectivity index (χ3n) is 2.44. The molecular weight excluding hydrogens is 222 g/mol. The van der Waals surface area contributed by atoms with Crippen molar-refractivity contribution >= 4 is 6.01 Å². The monoisotopic (exact) mass is 233 g/mol. The molecule has 0 radical (unpaired) electrons. The van der Waals surface area contributed by atoms with Crippen molar-refractivity contribution in [2.45, 2.75) is 6.42 Å². The molecule has 1 aliphatic heterocycles. The van der Waals surface area contributed by atoms with Gasteiger partial charge in [-0.1, -0.05) is 11.2 Å². The van der Waals surface area contributed by atoms with Crippen molar-refractivity contribution in [2.24, 2.45) is 0 Å². The van der Waals surface area contributed by atoms with Crippen molar-refractivity contribution in [3.05, 3.63) is 29.7 Å². The zero-order chi connectivity index (χ0) is 11.7. The average molecular weight is 233 g/mol. The molecule has 0 saturated carbocycles. The number of hydrogen-bond donors (Lipinski definition) is 1. The molecule has 88 valence electrons. The maximum Gasteiger partial charge on any atom is 0.312 e. The predicted molar refractivity (Wildman–Crippen MR) is 58.9 cm³/mol. The highest BCUT2D eigenvalue weighted by molar-refractivity contribution is 5.44. The van der Waals surface area contributed by atoms with E-state index in [0.29, 0.717) is 25.5 Å². The molecule has 6 heteroatoms. The quantitative estimate of drug-likeness (QED) is 0.833. The van der Waals surface area contributed by atoms with Crippen molar-refractivity contribution in [3.8, 4) is 11.5 Å². The fourth-order valence-corrected chi connectivity index (χ4v) is 1.71. The Labute approximate surface area is 97.3 Å². The maximum atomic E-state index is 5.49. The molecule has 0 atom stereocenters. The van der Waals surface area contributed by atoms with Gasteiger partial charge in [-0.3, -0.25) is 0 Å². The van der Waals surface area contributed by atoms with Gasteiger partial charge in [-0.2, -0.15) is 0 Å². The molecule has 6 nitrogen and oxygen atoms in total. The largest absolute Gasteiger partial charge is 0.486 e. The number of benzene rings is 1. The number of aromatic nitrogens is 2. The highest BCUT2D eigenvalue weighted by Gasteiger charge is 2.13. The Morgan fingerprint density at radius 3 is 2.71 bits per heavy atom. The van der Waals surface area contributed by atoms with Gasteiger partial charge in [0.2, 0.25) is 5.89 Å². The van der Waals surface area contributed by atoms with Gasteiger partial charge >= 0.3 is 6.01 Å². The van der Waals surface area contributed by atoms with Gasteiger partial charge in [0.05, 0.1) is 6.42 Å². The first-order valence-corrected chi connectivity index (χ1v) is 5.27. The third kappa shape index (κ3) is 2.01. The van der Waals surface area contributed by atoms with E-state index in [1.165, 1.54) is 0 Å². The summed E-state index contributed by atoms with van der Waals surface area (Å²) < 4.78 is 16.0. The third-order valence-corrected chi connectivity index (χ3v) is 2.44. The lowest BCUT2D eigenvalue weighted by Crippen LogP contribution is -2.15. The Hall–Kier alpha value is -2.24. The molecule has 0 aliphatic carbocycles. The van der Waals surface area contributed by atoms with Crippen LogP contribution in [0.25, 0.3) is 0 Å². The van der Waals surface area contributed by atoms with Crippen molar-refractivity contribution < 1.29 is 13.9 Å². The maximum absolute atomic E-state index is 5.49. The normalized spacial score (nSPS) is 13.6. The number of ether oxygens (including phenoxy) is 2. The summed E-state index contributed by atoms with van der Waals surface area (Å²) in [6.45, 7) is 1.16. The van der Waals surface area contributed by atoms with Gasteiger partial charge in [-0.25, -0.2) is 0 Å². The second kappa shape index (κ2) is 3.97. The molecule has 0 bridgehead atoms. The van der Waals surface area contributed by atoms with Crippen LogP contribution in [0, 0.1) is 0 Å². The highest BCUT2D eigenvalue weighted by atomic mass is 16.6. The first-order chi connectivity index (χ1) is 8.31. The van der Waals surface area contributed by atoms with E-state index >= 15 is 0 Å². The Morgan fingerprint density at radius 1 is 1.12 bits per heavy atom. The smallest absolute Gasteiger partial charge is 0.312 e. The molecule has 0 fully saturated rings. The van der Waals surface area contributed by atoms with E-state index < -0.39 is 0 Å². The highest BCUT2D eigenvalue weighted by Crippen LogP contribution is 2.31. The van der Waals surface area contributed by atoms with E-state index in [1.807, 2.05) is 18.2 Å². The van der Waals surface area contributed by atoms with Gasteiger partial charge in [-0.05, 0) is 17.7 Å². The van der Waals surface area contributed by atoms with Crippen LogP contribution in [0.4, 0.5) is 6.01 Å². The summed E-state index contributed by atoms with van der Waals surface area (Å²) in [7, 11) is 0. The summed E-state index contributed by atoms with van der Waals surface area (Å²) in [6, 6.07) is 5.81. The van der Waals surface area contributed by atoms with Crippen LogP contribution in [0.3, 0.4) is 0 Å². The SMILES string of the molecule is Nc1nnc(Cc2ccc3c(c2)OCCO3)o1. The molecule has 17 heavy (non-hydrogen) atoms. The number of anilines is 1. The molecule has 1 aromatic carbocycles. The molecule has 2 aromatic rings. The van der Waals surface area contributed by atoms with E-state index in [1.54, 1.807) is 0 Å². The number of fused-ring (bicyclic) bond motifs is 1. The Bertz CT molecular complexity index is 539. The predicted octanol–water partition coefficient (Wildman–Crippen LogP) is 1.01. The van der Waals surface area contributed by atoms with Crippen LogP contribution < -0.4 is 15.2 Å². The zero-order valence-corrected chi connectivity index (χ0v) is 9.05. The molecule has 0 spiro atoms. The van der Waals surface area contributed by atoms with Crippen LogP contribution in [0.2, 0.25) is 0 Å². The zero-order valence-electron chi connectivity index (χ0n) is 9.05. The number of rotatable bonds is 2. The molecular formula is C11H11N3O3. The molecule has 1 aromatic heterocycles. The molecule has 0 saturated heterocycles. The molecule has 0 amide bonds. The topological polar surface area (TPSA) is 83.4 Å². The van der Waals surface area contributed by atoms with Gasteiger partial charge in [0.25, 0.3) is 0 Å². The first kappa shape index (κ1) is 9.95. The minimum atomic E-state index is 0.0811. The van der Waals surface area contributed by atoms with Crippen molar-refractivity contribution in [2.75, 3.05) is 18.9 Å². The fraction of sp³-hybridized carbons (Fsp3) is 0.273. The fourth-order valence-electron chi connectivity index (χ4n) is 1.71. The standard InChI is InChI=1S/C11H11N3O3/c12-11-14-13-10(17-11)6-7-1-2-8-9(5-7)16-4-3-15-8/h1-2,5H,3-4,6H2,(H2,12,14). The van der Waals surface area contributed by atoms with Gasteiger partial charge < -0.3 is 19.6 Å². The van der Waals surface area contributed by atoms with Gasteiger partial charge in [0.1, 0.15) is 13.2 Å². The number of nitrogens with zero attached hydrogens (tertiary/aromatic N) is 2. The van der Waals surface area contributed by atoms with Crippen LogP contribution in [0.5, 0.6) is 11.5 Å². The Balaban J connectivity index is 1.84. The van der Waals surface area contributed by atoms with Crippen LogP contribution in [-0.4, -0.2) is 23.4 Å². The number of nitrogen functional groups attached to an aromatic ring is 1. The molecule has 2 N–H and O–H groups in total. The summed E-state index contributed by atoms with van der Waals surface area (Å²) in [5, 5.41) is 7.41. The summed E-state index contributed by atoms with van der Waals surface area (Å²) >= 11 is 0. The van der Waals surface area contributed by atoms with Crippen LogP contribution in [0.15, 0.2) is 22.6 Å². The van der Waals surface area contributed by atoms with E-state index in [2.05, 4.69) is 10.2 Å². The molecule has 2 heterocycles. The lowest BCUT2D eigenvalue weighted by Gasteiger charge is -2.18. The minimum absolute atomic E-state index is 0.0811. The number of hydrogen-bond acceptors (Lipinski definition) is 6. The molecule has 1 aliphatic rings. The van der Waals surface area contributed by atoms with Crippen molar-refractivity contribution in [1.82, 2.24) is 10.2 Å². The summed E-state index contributed by atoms with van der Waals surface area (Å²) in [5.74, 6) is 2.01. The van der Waals surface area contributed by atoms with Gasteiger partial charge in [0.15, 0.2) is 11.5 Å². The molecule has 3 rings (SSSR count). The summed E-state index contributed by atoms with van der Waals surface area (Å²) in [6.07, 6.45) is 0.529. The van der Waals surface area contributed by atoms with E-state index in [4.69, 9.17) is 19.6 Å². The van der Waals surface area contributed by atoms with E-state index in [9.17, 15) is 0 Å². The van der Waals surface area contributed by atoms with E-state index in [-0.39, 0.29) is 6.01 Å². The number of nitrogens with two attached hydrogens (primary N) is 1. The summed E-state index contributed by atoms with van der Waals surface area (Å²) in [5.41, 5.74) is 6.37. The Kier molecular flexibility index (Phi) is 2.32. The molecule has 0 unspecified atom stereocenters. The minimum Gasteiger partial charge on any atom is -0.486 e. The van der Waals surface area contributed by atoms with Gasteiger partial charge in [0, 0.05) is 0 Å². The second-order valence-corrected chi connectivity index (χ2v) is 3.69.